The van der Waals surface area contributed by atoms with Gasteiger partial charge in [0.05, 0.1) is 12.8 Å². The molecule has 0 fully saturated rings. The molecular weight excluding hydrogens is 372 g/mol. The molecule has 0 aromatic heterocycles. The zero-order valence-electron chi connectivity index (χ0n) is 14.9. The van der Waals surface area contributed by atoms with Gasteiger partial charge in [-0.15, -0.1) is 0 Å². The molecule has 0 aliphatic rings. The molecule has 1 amide bonds. The number of rotatable bonds is 8. The normalized spacial score (nSPS) is 11.5. The quantitative estimate of drug-likeness (QED) is 0.690. The van der Waals surface area contributed by atoms with Gasteiger partial charge in [-0.2, -0.15) is 4.31 Å². The Balaban J connectivity index is 2.11. The number of anilines is 1. The van der Waals surface area contributed by atoms with Crippen molar-refractivity contribution in [1.82, 2.24) is 4.31 Å². The SMILES string of the molecule is CCN(C(=O)CN(CCc1cccc(Cl)c1)S(C)(=O)=O)c1ccccc1. The Labute approximate surface area is 160 Å². The molecule has 0 aliphatic carbocycles. The van der Waals surface area contributed by atoms with Gasteiger partial charge in [0.1, 0.15) is 0 Å². The summed E-state index contributed by atoms with van der Waals surface area (Å²) in [6.45, 7) is 2.36. The Bertz CT molecular complexity index is 841. The van der Waals surface area contributed by atoms with Gasteiger partial charge in [0.15, 0.2) is 0 Å². The Morgan fingerprint density at radius 3 is 2.35 bits per heavy atom. The van der Waals surface area contributed by atoms with E-state index in [-0.39, 0.29) is 19.0 Å². The minimum Gasteiger partial charge on any atom is -0.312 e. The molecule has 2 aromatic rings. The van der Waals surface area contributed by atoms with E-state index in [1.54, 1.807) is 17.0 Å². The molecular formula is C19H23ClN2O3S. The zero-order chi connectivity index (χ0) is 19.2. The number of nitrogens with zero attached hydrogens (tertiary/aromatic N) is 2. The van der Waals surface area contributed by atoms with Crippen LogP contribution in [0.15, 0.2) is 54.6 Å². The van der Waals surface area contributed by atoms with Crippen molar-refractivity contribution >= 4 is 33.2 Å². The second kappa shape index (κ2) is 9.16. The van der Waals surface area contributed by atoms with Gasteiger partial charge in [-0.1, -0.05) is 41.9 Å². The maximum absolute atomic E-state index is 12.7. The van der Waals surface area contributed by atoms with Crippen molar-refractivity contribution in [2.45, 2.75) is 13.3 Å². The van der Waals surface area contributed by atoms with E-state index >= 15 is 0 Å². The van der Waals surface area contributed by atoms with Crippen molar-refractivity contribution in [3.63, 3.8) is 0 Å². The topological polar surface area (TPSA) is 57.7 Å². The summed E-state index contributed by atoms with van der Waals surface area (Å²) in [6, 6.07) is 16.5. The van der Waals surface area contributed by atoms with Gasteiger partial charge in [-0.05, 0) is 43.2 Å². The molecule has 2 rings (SSSR count). The van der Waals surface area contributed by atoms with E-state index in [0.717, 1.165) is 17.5 Å². The molecule has 7 heteroatoms. The number of sulfonamides is 1. The Morgan fingerprint density at radius 2 is 1.77 bits per heavy atom. The number of halogens is 1. The third-order valence-electron chi connectivity index (χ3n) is 4.00. The largest absolute Gasteiger partial charge is 0.312 e. The number of likely N-dealkylation sites (N-methyl/N-ethyl adjacent to an activating group) is 1. The molecule has 0 bridgehead atoms. The second-order valence-electron chi connectivity index (χ2n) is 5.95. The van der Waals surface area contributed by atoms with Crippen LogP contribution in [0.3, 0.4) is 0 Å². The van der Waals surface area contributed by atoms with Crippen LogP contribution >= 0.6 is 11.6 Å². The molecule has 0 aliphatic heterocycles. The molecule has 0 spiro atoms. The highest BCUT2D eigenvalue weighted by Gasteiger charge is 2.23. The number of amides is 1. The molecule has 0 saturated heterocycles. The molecule has 0 radical (unpaired) electrons. The van der Waals surface area contributed by atoms with Crippen LogP contribution in [0.25, 0.3) is 0 Å². The predicted molar refractivity (Wildman–Crippen MR) is 106 cm³/mol. The Morgan fingerprint density at radius 1 is 1.08 bits per heavy atom. The van der Waals surface area contributed by atoms with Gasteiger partial charge < -0.3 is 4.90 Å². The summed E-state index contributed by atoms with van der Waals surface area (Å²) in [4.78, 5) is 14.3. The fourth-order valence-electron chi connectivity index (χ4n) is 2.66. The van der Waals surface area contributed by atoms with Gasteiger partial charge in [-0.25, -0.2) is 8.42 Å². The maximum Gasteiger partial charge on any atom is 0.242 e. The lowest BCUT2D eigenvalue weighted by atomic mass is 10.1. The summed E-state index contributed by atoms with van der Waals surface area (Å²) < 4.78 is 25.5. The van der Waals surface area contributed by atoms with E-state index in [2.05, 4.69) is 0 Å². The van der Waals surface area contributed by atoms with Crippen LogP contribution in [0.2, 0.25) is 5.02 Å². The van der Waals surface area contributed by atoms with Crippen molar-refractivity contribution in [1.29, 1.82) is 0 Å². The number of hydrogen-bond donors (Lipinski definition) is 0. The molecule has 26 heavy (non-hydrogen) atoms. The summed E-state index contributed by atoms with van der Waals surface area (Å²) in [6.07, 6.45) is 1.61. The van der Waals surface area contributed by atoms with E-state index < -0.39 is 10.0 Å². The fourth-order valence-corrected chi connectivity index (χ4v) is 3.64. The second-order valence-corrected chi connectivity index (χ2v) is 8.37. The smallest absolute Gasteiger partial charge is 0.242 e. The maximum atomic E-state index is 12.7. The summed E-state index contributed by atoms with van der Waals surface area (Å²) >= 11 is 5.97. The highest BCUT2D eigenvalue weighted by atomic mass is 35.5. The van der Waals surface area contributed by atoms with Crippen molar-refractivity contribution < 1.29 is 13.2 Å². The van der Waals surface area contributed by atoms with Gasteiger partial charge in [0, 0.05) is 23.8 Å². The van der Waals surface area contributed by atoms with E-state index in [9.17, 15) is 13.2 Å². The minimum absolute atomic E-state index is 0.192. The summed E-state index contributed by atoms with van der Waals surface area (Å²) in [7, 11) is -3.51. The summed E-state index contributed by atoms with van der Waals surface area (Å²) in [5, 5.41) is 0.603. The molecule has 5 nitrogen and oxygen atoms in total. The number of para-hydroxylation sites is 1. The molecule has 2 aromatic carbocycles. The number of hydrogen-bond acceptors (Lipinski definition) is 3. The molecule has 0 heterocycles. The third kappa shape index (κ3) is 5.83. The lowest BCUT2D eigenvalue weighted by Crippen LogP contribution is -2.43. The van der Waals surface area contributed by atoms with Crippen LogP contribution in [-0.4, -0.2) is 44.5 Å². The van der Waals surface area contributed by atoms with Gasteiger partial charge in [0.2, 0.25) is 15.9 Å². The van der Waals surface area contributed by atoms with Gasteiger partial charge in [0.25, 0.3) is 0 Å². The van der Waals surface area contributed by atoms with Crippen LogP contribution in [0.4, 0.5) is 5.69 Å². The number of benzene rings is 2. The van der Waals surface area contributed by atoms with E-state index in [1.807, 2.05) is 49.4 Å². The molecule has 0 atom stereocenters. The number of carbonyl (C=O) groups is 1. The third-order valence-corrected chi connectivity index (χ3v) is 5.49. The van der Waals surface area contributed by atoms with Crippen molar-refractivity contribution in [3.8, 4) is 0 Å². The first-order chi connectivity index (χ1) is 12.3. The summed E-state index contributed by atoms with van der Waals surface area (Å²) in [5.74, 6) is -0.254. The average Bonchev–Trinajstić information content (AvgIpc) is 2.59. The Kier molecular flexibility index (Phi) is 7.20. The van der Waals surface area contributed by atoms with E-state index in [4.69, 9.17) is 11.6 Å². The molecule has 0 unspecified atom stereocenters. The van der Waals surface area contributed by atoms with Crippen LogP contribution < -0.4 is 4.90 Å². The lowest BCUT2D eigenvalue weighted by Gasteiger charge is -2.25. The first-order valence-electron chi connectivity index (χ1n) is 8.36. The van der Waals surface area contributed by atoms with Crippen molar-refractivity contribution in [2.24, 2.45) is 0 Å². The standard InChI is InChI=1S/C19H23ClN2O3S/c1-3-22(18-10-5-4-6-11-18)19(23)15-21(26(2,24)25)13-12-16-8-7-9-17(20)14-16/h4-11,14H,3,12-13,15H2,1-2H3. The van der Waals surface area contributed by atoms with E-state index in [0.29, 0.717) is 18.0 Å². The van der Waals surface area contributed by atoms with Crippen molar-refractivity contribution in [3.05, 3.63) is 65.2 Å². The highest BCUT2D eigenvalue weighted by molar-refractivity contribution is 7.88. The van der Waals surface area contributed by atoms with Crippen molar-refractivity contribution in [2.75, 3.05) is 30.8 Å². The monoisotopic (exact) mass is 394 g/mol. The first kappa shape index (κ1) is 20.4. The van der Waals surface area contributed by atoms with Crippen LogP contribution in [0, 0.1) is 0 Å². The molecule has 140 valence electrons. The molecule has 0 N–H and O–H groups in total. The minimum atomic E-state index is -3.51. The highest BCUT2D eigenvalue weighted by Crippen LogP contribution is 2.15. The zero-order valence-corrected chi connectivity index (χ0v) is 16.5. The summed E-state index contributed by atoms with van der Waals surface area (Å²) in [5.41, 5.74) is 1.68. The van der Waals surface area contributed by atoms with Crippen LogP contribution in [-0.2, 0) is 21.2 Å². The van der Waals surface area contributed by atoms with Crippen LogP contribution in [0.1, 0.15) is 12.5 Å². The van der Waals surface area contributed by atoms with Crippen LogP contribution in [0.5, 0.6) is 0 Å². The fraction of sp³-hybridized carbons (Fsp3) is 0.316. The van der Waals surface area contributed by atoms with Gasteiger partial charge in [-0.3, -0.25) is 4.79 Å². The number of carbonyl (C=O) groups excluding carboxylic acids is 1. The average molecular weight is 395 g/mol. The predicted octanol–water partition coefficient (Wildman–Crippen LogP) is 3.20. The Hall–Kier alpha value is -1.89. The van der Waals surface area contributed by atoms with E-state index in [1.165, 1.54) is 4.31 Å². The van der Waals surface area contributed by atoms with Gasteiger partial charge >= 0.3 is 0 Å². The first-order valence-corrected chi connectivity index (χ1v) is 10.6. The molecule has 0 saturated carbocycles. The lowest BCUT2D eigenvalue weighted by molar-refractivity contribution is -0.118.